The third kappa shape index (κ3) is 4.96. The fourth-order valence-electron chi connectivity index (χ4n) is 4.41. The van der Waals surface area contributed by atoms with E-state index in [-0.39, 0.29) is 11.0 Å². The molecule has 3 N–H and O–H groups in total. The molecule has 3 heterocycles. The summed E-state index contributed by atoms with van der Waals surface area (Å²) in [6.07, 6.45) is 1.77. The Morgan fingerprint density at radius 2 is 1.86 bits per heavy atom. The molecule has 0 bridgehead atoms. The predicted molar refractivity (Wildman–Crippen MR) is 143 cm³/mol. The fraction of sp³-hybridized carbons (Fsp3) is 0.231. The van der Waals surface area contributed by atoms with Crippen molar-refractivity contribution in [3.63, 3.8) is 0 Å². The van der Waals surface area contributed by atoms with Crippen molar-refractivity contribution >= 4 is 40.3 Å². The van der Waals surface area contributed by atoms with Crippen LogP contribution in [-0.4, -0.2) is 39.1 Å². The first-order valence-corrected chi connectivity index (χ1v) is 12.7. The minimum atomic E-state index is 0.0396. The van der Waals surface area contributed by atoms with E-state index in [2.05, 4.69) is 15.9 Å². The summed E-state index contributed by atoms with van der Waals surface area (Å²) in [5.74, 6) is 1.13. The number of nitrogens with two attached hydrogens (primary N) is 1. The van der Waals surface area contributed by atoms with Crippen LogP contribution in [0, 0.1) is 6.92 Å². The number of aryl methyl sites for hydroxylation is 1. The van der Waals surface area contributed by atoms with Gasteiger partial charge in [-0.25, -0.2) is 4.98 Å². The topological polar surface area (TPSA) is 97.3 Å². The number of carbonyl (C=O) groups excluding carboxylic acids is 1. The Morgan fingerprint density at radius 3 is 2.54 bits per heavy atom. The number of hydrogen-bond donors (Lipinski definition) is 2. The number of thiazole rings is 1. The number of benzene rings is 2. The molecule has 178 valence electrons. The van der Waals surface area contributed by atoms with Crippen LogP contribution in [0.5, 0.6) is 0 Å². The minimum Gasteiger partial charge on any atom is -0.376 e. The van der Waals surface area contributed by atoms with E-state index >= 15 is 0 Å². The molecule has 5 rings (SSSR count). The van der Waals surface area contributed by atoms with Crippen LogP contribution in [0.2, 0.25) is 0 Å². The number of hydrogen-bond acceptors (Lipinski definition) is 6. The molecular weight excluding hydrogens is 478 g/mol. The Balaban J connectivity index is 1.25. The number of nitrogens with zero attached hydrogens (tertiary/aromatic N) is 3. The first kappa shape index (κ1) is 23.2. The van der Waals surface area contributed by atoms with E-state index < -0.39 is 0 Å². The second-order valence-corrected chi connectivity index (χ2v) is 9.86. The van der Waals surface area contributed by atoms with Gasteiger partial charge in [0.05, 0.1) is 16.3 Å². The maximum atomic E-state index is 13.0. The molecule has 2 aromatic heterocycles. The number of piperidine rings is 1. The molecule has 0 atom stereocenters. The summed E-state index contributed by atoms with van der Waals surface area (Å²) in [4.78, 5) is 19.9. The second-order valence-electron chi connectivity index (χ2n) is 8.53. The van der Waals surface area contributed by atoms with Crippen molar-refractivity contribution < 1.29 is 9.32 Å². The monoisotopic (exact) mass is 503 g/mol. The first-order valence-electron chi connectivity index (χ1n) is 11.4. The normalized spacial score (nSPS) is 14.1. The van der Waals surface area contributed by atoms with E-state index in [1.165, 1.54) is 0 Å². The van der Waals surface area contributed by atoms with Gasteiger partial charge in [0, 0.05) is 41.2 Å². The molecule has 2 aromatic carbocycles. The standard InChI is InChI=1S/C26H25N5O2S2/c1-16-22(23(30-33-16)17-5-3-2-4-6-17)21-15-35-24(29-21)18-11-13-31(14-12-18)25(32)19-7-9-20(10-8-19)28-26(27)34/h2-10,15,18H,11-14H2,1H3,(H3,27,28,34). The van der Waals surface area contributed by atoms with Crippen molar-refractivity contribution in [2.24, 2.45) is 5.73 Å². The average molecular weight is 504 g/mol. The number of nitrogens with one attached hydrogen (secondary N) is 1. The highest BCUT2D eigenvalue weighted by Crippen LogP contribution is 2.38. The molecule has 9 heteroatoms. The van der Waals surface area contributed by atoms with Gasteiger partial charge in [-0.3, -0.25) is 4.79 Å². The number of amides is 1. The van der Waals surface area contributed by atoms with Crippen molar-refractivity contribution in [1.82, 2.24) is 15.0 Å². The van der Waals surface area contributed by atoms with E-state index in [1.807, 2.05) is 54.3 Å². The summed E-state index contributed by atoms with van der Waals surface area (Å²) < 4.78 is 5.52. The molecule has 4 aromatic rings. The van der Waals surface area contributed by atoms with Gasteiger partial charge in [0.15, 0.2) is 5.11 Å². The quantitative estimate of drug-likeness (QED) is 0.350. The van der Waals surface area contributed by atoms with E-state index in [1.54, 1.807) is 23.5 Å². The van der Waals surface area contributed by atoms with E-state index in [0.29, 0.717) is 24.6 Å². The van der Waals surface area contributed by atoms with E-state index in [9.17, 15) is 4.79 Å². The number of thiocarbonyl (C=S) groups is 1. The first-order chi connectivity index (χ1) is 17.0. The fourth-order valence-corrected chi connectivity index (χ4v) is 5.51. The van der Waals surface area contributed by atoms with Crippen molar-refractivity contribution in [1.29, 1.82) is 0 Å². The average Bonchev–Trinajstić information content (AvgIpc) is 3.51. The summed E-state index contributed by atoms with van der Waals surface area (Å²) in [5.41, 5.74) is 10.6. The molecule has 0 saturated carbocycles. The van der Waals surface area contributed by atoms with E-state index in [4.69, 9.17) is 27.5 Å². The third-order valence-corrected chi connectivity index (χ3v) is 7.33. The van der Waals surface area contributed by atoms with Gasteiger partial charge in [0.2, 0.25) is 0 Å². The minimum absolute atomic E-state index is 0.0396. The summed E-state index contributed by atoms with van der Waals surface area (Å²) in [6.45, 7) is 3.32. The molecule has 1 aliphatic rings. The largest absolute Gasteiger partial charge is 0.376 e. The van der Waals surface area contributed by atoms with Crippen LogP contribution < -0.4 is 11.1 Å². The summed E-state index contributed by atoms with van der Waals surface area (Å²) in [6, 6.07) is 17.2. The molecule has 0 radical (unpaired) electrons. The maximum absolute atomic E-state index is 13.0. The molecule has 7 nitrogen and oxygen atoms in total. The molecule has 1 aliphatic heterocycles. The predicted octanol–water partition coefficient (Wildman–Crippen LogP) is 5.45. The van der Waals surface area contributed by atoms with Gasteiger partial charge in [0.1, 0.15) is 11.5 Å². The highest BCUT2D eigenvalue weighted by atomic mass is 32.1. The Hall–Kier alpha value is -3.56. The number of rotatable bonds is 5. The van der Waals surface area contributed by atoms with Gasteiger partial charge in [-0.15, -0.1) is 11.3 Å². The van der Waals surface area contributed by atoms with E-state index in [0.717, 1.165) is 51.8 Å². The Bertz CT molecular complexity index is 1340. The van der Waals surface area contributed by atoms with Gasteiger partial charge < -0.3 is 20.5 Å². The van der Waals surface area contributed by atoms with Crippen molar-refractivity contribution in [3.8, 4) is 22.5 Å². The second kappa shape index (κ2) is 9.97. The molecular formula is C26H25N5O2S2. The molecule has 35 heavy (non-hydrogen) atoms. The zero-order valence-corrected chi connectivity index (χ0v) is 20.9. The van der Waals surface area contributed by atoms with Crippen LogP contribution in [0.25, 0.3) is 22.5 Å². The smallest absolute Gasteiger partial charge is 0.253 e. The highest BCUT2D eigenvalue weighted by Gasteiger charge is 2.27. The lowest BCUT2D eigenvalue weighted by molar-refractivity contribution is 0.0713. The van der Waals surface area contributed by atoms with Crippen LogP contribution in [0.3, 0.4) is 0 Å². The van der Waals surface area contributed by atoms with Crippen molar-refractivity contribution in [3.05, 3.63) is 76.3 Å². The van der Waals surface area contributed by atoms with Crippen LogP contribution >= 0.6 is 23.6 Å². The van der Waals surface area contributed by atoms with Gasteiger partial charge in [-0.1, -0.05) is 35.5 Å². The molecule has 0 unspecified atom stereocenters. The molecule has 1 amide bonds. The van der Waals surface area contributed by atoms with Crippen molar-refractivity contribution in [2.75, 3.05) is 18.4 Å². The Kier molecular flexibility index (Phi) is 6.61. The maximum Gasteiger partial charge on any atom is 0.253 e. The molecule has 1 saturated heterocycles. The molecule has 0 spiro atoms. The molecule has 1 fully saturated rings. The SMILES string of the molecule is Cc1onc(-c2ccccc2)c1-c1csc(C2CCN(C(=O)c3ccc(NC(N)=S)cc3)CC2)n1. The number of anilines is 1. The van der Waals surface area contributed by atoms with Gasteiger partial charge in [-0.05, 0) is 56.2 Å². The van der Waals surface area contributed by atoms with Gasteiger partial charge in [0.25, 0.3) is 5.91 Å². The summed E-state index contributed by atoms with van der Waals surface area (Å²) in [5, 5.41) is 10.5. The van der Waals surface area contributed by atoms with Crippen LogP contribution in [0.4, 0.5) is 5.69 Å². The third-order valence-electron chi connectivity index (χ3n) is 6.22. The van der Waals surface area contributed by atoms with Gasteiger partial charge >= 0.3 is 0 Å². The Labute approximate surface area is 213 Å². The lowest BCUT2D eigenvalue weighted by Crippen LogP contribution is -2.37. The van der Waals surface area contributed by atoms with Crippen LogP contribution in [0.1, 0.15) is 39.9 Å². The zero-order chi connectivity index (χ0) is 24.4. The lowest BCUT2D eigenvalue weighted by atomic mass is 9.96. The number of likely N-dealkylation sites (tertiary alicyclic amines) is 1. The number of aromatic nitrogens is 2. The van der Waals surface area contributed by atoms with Crippen molar-refractivity contribution in [2.45, 2.75) is 25.7 Å². The molecule has 0 aliphatic carbocycles. The van der Waals surface area contributed by atoms with Crippen LogP contribution in [0.15, 0.2) is 64.5 Å². The zero-order valence-electron chi connectivity index (χ0n) is 19.2. The summed E-state index contributed by atoms with van der Waals surface area (Å²) in [7, 11) is 0. The van der Waals surface area contributed by atoms with Gasteiger partial charge in [-0.2, -0.15) is 0 Å². The number of carbonyl (C=O) groups is 1. The Morgan fingerprint density at radius 1 is 1.14 bits per heavy atom. The van der Waals surface area contributed by atoms with Crippen LogP contribution in [-0.2, 0) is 0 Å². The highest BCUT2D eigenvalue weighted by molar-refractivity contribution is 7.80. The lowest BCUT2D eigenvalue weighted by Gasteiger charge is -2.31. The summed E-state index contributed by atoms with van der Waals surface area (Å²) >= 11 is 6.52.